The average Bonchev–Trinajstić information content (AvgIpc) is 2.67. The Hall–Kier alpha value is -2.69. The van der Waals surface area contributed by atoms with Crippen molar-refractivity contribution in [2.45, 2.75) is 24.8 Å². The summed E-state index contributed by atoms with van der Waals surface area (Å²) in [7, 11) is -3.69. The van der Waals surface area contributed by atoms with E-state index in [4.69, 9.17) is 4.18 Å². The number of fused-ring (bicyclic) bond motifs is 2. The molecule has 0 saturated carbocycles. The van der Waals surface area contributed by atoms with E-state index in [1.54, 1.807) is 32.0 Å². The van der Waals surface area contributed by atoms with Crippen LogP contribution in [0, 0.1) is 0 Å². The highest BCUT2D eigenvalue weighted by Crippen LogP contribution is 2.24. The minimum Gasteiger partial charge on any atom is -0.264 e. The van der Waals surface area contributed by atoms with Gasteiger partial charge < -0.3 is 0 Å². The predicted molar refractivity (Wildman–Crippen MR) is 111 cm³/mol. The molecule has 0 unspecified atom stereocenters. The van der Waals surface area contributed by atoms with Crippen LogP contribution in [0.1, 0.15) is 13.8 Å². The van der Waals surface area contributed by atoms with Crippen LogP contribution in [-0.4, -0.2) is 14.5 Å². The maximum absolute atomic E-state index is 12.0. The molecule has 0 aliphatic heterocycles. The number of hydrogen-bond acceptors (Lipinski definition) is 3. The fourth-order valence-electron chi connectivity index (χ4n) is 2.85. The Morgan fingerprint density at radius 2 is 1.07 bits per heavy atom. The Morgan fingerprint density at radius 3 is 1.59 bits per heavy atom. The standard InChI is InChI=1S/C13H14O3S.C10H8/c1-10(2)16-17(14,15)13-9-5-7-11-6-3-4-8-12(11)13;1-2-6-10-8-4-3-7-9(10)5-1/h3-10H,1-2H3;1-8H. The largest absolute Gasteiger partial charge is 0.297 e. The Bertz CT molecular complexity index is 1080. The van der Waals surface area contributed by atoms with E-state index in [2.05, 4.69) is 48.5 Å². The topological polar surface area (TPSA) is 43.4 Å². The summed E-state index contributed by atoms with van der Waals surface area (Å²) in [5.74, 6) is 0. The van der Waals surface area contributed by atoms with Gasteiger partial charge in [0, 0.05) is 5.39 Å². The van der Waals surface area contributed by atoms with Crippen LogP contribution in [0.3, 0.4) is 0 Å². The van der Waals surface area contributed by atoms with Gasteiger partial charge in [-0.3, -0.25) is 4.18 Å². The van der Waals surface area contributed by atoms with Crippen molar-refractivity contribution in [3.05, 3.63) is 91.0 Å². The minimum absolute atomic E-state index is 0.226. The molecule has 138 valence electrons. The molecular weight excluding hydrogens is 356 g/mol. The summed E-state index contributed by atoms with van der Waals surface area (Å²) in [6.45, 7) is 3.39. The molecule has 4 aromatic carbocycles. The first kappa shape index (κ1) is 19.1. The summed E-state index contributed by atoms with van der Waals surface area (Å²) in [4.78, 5) is 0.226. The van der Waals surface area contributed by atoms with Crippen LogP contribution in [0.15, 0.2) is 95.9 Å². The highest BCUT2D eigenvalue weighted by Gasteiger charge is 2.19. The van der Waals surface area contributed by atoms with Gasteiger partial charge in [-0.25, -0.2) is 0 Å². The molecule has 0 amide bonds. The summed E-state index contributed by atoms with van der Waals surface area (Å²) in [6, 6.07) is 29.2. The lowest BCUT2D eigenvalue weighted by Crippen LogP contribution is -2.12. The normalized spacial score (nSPS) is 11.4. The van der Waals surface area contributed by atoms with E-state index in [1.807, 2.05) is 24.3 Å². The molecule has 0 heterocycles. The van der Waals surface area contributed by atoms with Crippen molar-refractivity contribution in [3.8, 4) is 0 Å². The van der Waals surface area contributed by atoms with Crippen molar-refractivity contribution in [2.75, 3.05) is 0 Å². The van der Waals surface area contributed by atoms with Gasteiger partial charge in [-0.05, 0) is 36.1 Å². The fraction of sp³-hybridized carbons (Fsp3) is 0.130. The van der Waals surface area contributed by atoms with Gasteiger partial charge in [0.05, 0.1) is 6.10 Å². The van der Waals surface area contributed by atoms with E-state index in [9.17, 15) is 8.42 Å². The van der Waals surface area contributed by atoms with Gasteiger partial charge in [-0.2, -0.15) is 8.42 Å². The summed E-state index contributed by atoms with van der Waals surface area (Å²) >= 11 is 0. The maximum Gasteiger partial charge on any atom is 0.297 e. The fourth-order valence-corrected chi connectivity index (χ4v) is 4.16. The predicted octanol–water partition coefficient (Wildman–Crippen LogP) is 5.79. The monoisotopic (exact) mass is 378 g/mol. The number of benzene rings is 4. The first-order valence-corrected chi connectivity index (χ1v) is 10.2. The lowest BCUT2D eigenvalue weighted by Gasteiger charge is -2.10. The molecule has 27 heavy (non-hydrogen) atoms. The van der Waals surface area contributed by atoms with Gasteiger partial charge in [0.25, 0.3) is 10.1 Å². The summed E-state index contributed by atoms with van der Waals surface area (Å²) < 4.78 is 29.1. The van der Waals surface area contributed by atoms with Gasteiger partial charge in [0.15, 0.2) is 0 Å². The van der Waals surface area contributed by atoms with Crippen molar-refractivity contribution in [1.82, 2.24) is 0 Å². The molecule has 0 spiro atoms. The number of hydrogen-bond donors (Lipinski definition) is 0. The highest BCUT2D eigenvalue weighted by molar-refractivity contribution is 7.87. The molecule has 4 rings (SSSR count). The summed E-state index contributed by atoms with van der Waals surface area (Å²) in [5, 5.41) is 4.20. The Balaban J connectivity index is 0.000000177. The van der Waals surface area contributed by atoms with Crippen molar-refractivity contribution < 1.29 is 12.6 Å². The van der Waals surface area contributed by atoms with E-state index in [1.165, 1.54) is 10.8 Å². The van der Waals surface area contributed by atoms with Crippen molar-refractivity contribution in [3.63, 3.8) is 0 Å². The molecule has 3 nitrogen and oxygen atoms in total. The molecule has 0 aliphatic carbocycles. The summed E-state index contributed by atoms with van der Waals surface area (Å²) in [6.07, 6.45) is -0.362. The van der Waals surface area contributed by atoms with Crippen LogP contribution >= 0.6 is 0 Å². The minimum atomic E-state index is -3.69. The van der Waals surface area contributed by atoms with Gasteiger partial charge >= 0.3 is 0 Å². The van der Waals surface area contributed by atoms with Gasteiger partial charge in [-0.1, -0.05) is 84.9 Å². The molecular formula is C23H22O3S. The highest BCUT2D eigenvalue weighted by atomic mass is 32.2. The first-order valence-electron chi connectivity index (χ1n) is 8.82. The lowest BCUT2D eigenvalue weighted by atomic mass is 10.1. The third-order valence-electron chi connectivity index (χ3n) is 4.00. The summed E-state index contributed by atoms with van der Waals surface area (Å²) in [5.41, 5.74) is 0. The van der Waals surface area contributed by atoms with Gasteiger partial charge in [0.1, 0.15) is 4.90 Å². The van der Waals surface area contributed by atoms with E-state index < -0.39 is 10.1 Å². The van der Waals surface area contributed by atoms with E-state index in [0.717, 1.165) is 5.39 Å². The van der Waals surface area contributed by atoms with E-state index in [-0.39, 0.29) is 11.0 Å². The lowest BCUT2D eigenvalue weighted by molar-refractivity contribution is 0.249. The first-order chi connectivity index (χ1) is 13.0. The Labute approximate surface area is 160 Å². The smallest absolute Gasteiger partial charge is 0.264 e. The van der Waals surface area contributed by atoms with Crippen LogP contribution in [-0.2, 0) is 14.3 Å². The van der Waals surface area contributed by atoms with Gasteiger partial charge in [0.2, 0.25) is 0 Å². The maximum atomic E-state index is 12.0. The van der Waals surface area contributed by atoms with Crippen LogP contribution in [0.4, 0.5) is 0 Å². The number of rotatable bonds is 3. The van der Waals surface area contributed by atoms with Gasteiger partial charge in [-0.15, -0.1) is 0 Å². The zero-order valence-electron chi connectivity index (χ0n) is 15.4. The second-order valence-corrected chi connectivity index (χ2v) is 7.96. The molecule has 0 saturated heterocycles. The SMILES string of the molecule is CC(C)OS(=O)(=O)c1cccc2ccccc12.c1ccc2ccccc2c1. The van der Waals surface area contributed by atoms with E-state index >= 15 is 0 Å². The van der Waals surface area contributed by atoms with Crippen molar-refractivity contribution >= 4 is 31.7 Å². The van der Waals surface area contributed by atoms with Crippen molar-refractivity contribution in [2.24, 2.45) is 0 Å². The quantitative estimate of drug-likeness (QED) is 0.424. The Morgan fingerprint density at radius 1 is 0.630 bits per heavy atom. The molecule has 4 heteroatoms. The van der Waals surface area contributed by atoms with Crippen LogP contribution in [0.2, 0.25) is 0 Å². The molecule has 0 aliphatic rings. The molecule has 0 N–H and O–H groups in total. The third-order valence-corrected chi connectivity index (χ3v) is 5.53. The Kier molecular flexibility index (Phi) is 5.89. The molecule has 4 aromatic rings. The van der Waals surface area contributed by atoms with Crippen LogP contribution in [0.25, 0.3) is 21.5 Å². The third kappa shape index (κ3) is 4.73. The van der Waals surface area contributed by atoms with Crippen LogP contribution in [0.5, 0.6) is 0 Å². The van der Waals surface area contributed by atoms with Crippen LogP contribution < -0.4 is 0 Å². The molecule has 0 fully saturated rings. The molecule has 0 atom stereocenters. The molecule has 0 aromatic heterocycles. The zero-order valence-corrected chi connectivity index (χ0v) is 16.2. The second-order valence-electron chi connectivity index (χ2n) is 6.42. The zero-order chi connectivity index (χ0) is 19.3. The second kappa shape index (κ2) is 8.33. The average molecular weight is 378 g/mol. The van der Waals surface area contributed by atoms with Crippen molar-refractivity contribution in [1.29, 1.82) is 0 Å². The molecule has 0 radical (unpaired) electrons. The molecule has 0 bridgehead atoms. The van der Waals surface area contributed by atoms with E-state index in [0.29, 0.717) is 5.39 Å².